The largest absolute Gasteiger partial charge is 0.456 e. The van der Waals surface area contributed by atoms with E-state index in [1.807, 2.05) is 12.1 Å². The Morgan fingerprint density at radius 3 is 2.27 bits per heavy atom. The van der Waals surface area contributed by atoms with Gasteiger partial charge in [-0.05, 0) is 99.8 Å². The highest BCUT2D eigenvalue weighted by atomic mass is 16.3. The molecule has 6 aromatic carbocycles. The summed E-state index contributed by atoms with van der Waals surface area (Å²) < 4.78 is 6.23. The first kappa shape index (κ1) is 32.5. The van der Waals surface area contributed by atoms with E-state index in [2.05, 4.69) is 186 Å². The van der Waals surface area contributed by atoms with Crippen LogP contribution in [-0.2, 0) is 0 Å². The van der Waals surface area contributed by atoms with Gasteiger partial charge in [0.25, 0.3) is 0 Å². The Hall–Kier alpha value is -6.91. The van der Waals surface area contributed by atoms with E-state index in [0.717, 1.165) is 57.3 Å². The number of para-hydroxylation sites is 2. The topological polar surface area (TPSA) is 40.8 Å². The summed E-state index contributed by atoms with van der Waals surface area (Å²) in [5, 5.41) is 6.05. The Morgan fingerprint density at radius 2 is 1.41 bits per heavy atom. The van der Waals surface area contributed by atoms with Crippen molar-refractivity contribution in [3.63, 3.8) is 0 Å². The van der Waals surface area contributed by atoms with Crippen LogP contribution in [0.3, 0.4) is 0 Å². The van der Waals surface area contributed by atoms with Crippen LogP contribution >= 0.6 is 0 Å². The van der Waals surface area contributed by atoms with Crippen molar-refractivity contribution in [2.24, 2.45) is 4.99 Å². The second kappa shape index (κ2) is 13.4. The van der Waals surface area contributed by atoms with Gasteiger partial charge in [0, 0.05) is 33.8 Å². The van der Waals surface area contributed by atoms with Gasteiger partial charge < -0.3 is 14.6 Å². The standard InChI is InChI=1S/C52H39N3O/c1-3-12-36(13-4-1)46-33-47(37-14-5-2-6-15-37)54-52(53-46)38-24-22-35(23-25-38)41-18-11-19-45-42-16-7-9-20-48(42)55(51(41)45)40-29-26-34(27-30-40)39-28-31-44-43-17-8-10-21-49(43)56-50(44)32-39/h1-5,7-14,16-33,45,51-53H,6,15H2. The fraction of sp³-hybridized carbons (Fsp3) is 0.0962. The molecule has 268 valence electrons. The first-order chi connectivity index (χ1) is 27.7. The molecule has 56 heavy (non-hydrogen) atoms. The van der Waals surface area contributed by atoms with Crippen LogP contribution in [0.4, 0.5) is 11.4 Å². The Bertz CT molecular complexity index is 2830. The molecular weight excluding hydrogens is 683 g/mol. The number of furan rings is 1. The van der Waals surface area contributed by atoms with E-state index in [1.54, 1.807) is 0 Å². The third-order valence-corrected chi connectivity index (χ3v) is 11.8. The molecule has 3 atom stereocenters. The highest BCUT2D eigenvalue weighted by Gasteiger charge is 2.41. The van der Waals surface area contributed by atoms with Crippen LogP contribution in [0, 0.1) is 0 Å². The molecule has 2 aliphatic heterocycles. The van der Waals surface area contributed by atoms with Gasteiger partial charge in [-0.25, -0.2) is 0 Å². The maximum atomic E-state index is 6.23. The number of rotatable bonds is 6. The van der Waals surface area contributed by atoms with Crippen molar-refractivity contribution in [1.82, 2.24) is 5.32 Å². The van der Waals surface area contributed by atoms with Gasteiger partial charge in [0.1, 0.15) is 17.3 Å². The van der Waals surface area contributed by atoms with Crippen LogP contribution in [0.25, 0.3) is 44.3 Å². The summed E-state index contributed by atoms with van der Waals surface area (Å²) >= 11 is 0. The molecule has 0 spiro atoms. The van der Waals surface area contributed by atoms with Gasteiger partial charge in [-0.2, -0.15) is 0 Å². The van der Waals surface area contributed by atoms with Crippen molar-refractivity contribution in [2.75, 3.05) is 4.90 Å². The van der Waals surface area contributed by atoms with Crippen molar-refractivity contribution >= 4 is 50.3 Å². The average Bonchev–Trinajstić information content (AvgIpc) is 3.82. The van der Waals surface area contributed by atoms with Crippen molar-refractivity contribution in [2.45, 2.75) is 31.0 Å². The lowest BCUT2D eigenvalue weighted by molar-refractivity contribution is 0.663. The normalized spacial score (nSPS) is 19.9. The van der Waals surface area contributed by atoms with Gasteiger partial charge in [0.2, 0.25) is 0 Å². The summed E-state index contributed by atoms with van der Waals surface area (Å²) in [4.78, 5) is 7.81. The van der Waals surface area contributed by atoms with Gasteiger partial charge in [-0.1, -0.05) is 146 Å². The lowest BCUT2D eigenvalue weighted by Gasteiger charge is -2.34. The van der Waals surface area contributed by atoms with Crippen LogP contribution in [0.1, 0.15) is 47.2 Å². The molecule has 3 unspecified atom stereocenters. The van der Waals surface area contributed by atoms with Gasteiger partial charge in [0.05, 0.1) is 11.8 Å². The summed E-state index contributed by atoms with van der Waals surface area (Å²) in [6.07, 6.45) is 17.6. The van der Waals surface area contributed by atoms with Gasteiger partial charge in [0.15, 0.2) is 0 Å². The minimum absolute atomic E-state index is 0.123. The Morgan fingerprint density at radius 1 is 0.643 bits per heavy atom. The fourth-order valence-electron chi connectivity index (χ4n) is 9.00. The molecule has 2 aliphatic carbocycles. The zero-order valence-electron chi connectivity index (χ0n) is 30.8. The molecule has 11 rings (SSSR count). The van der Waals surface area contributed by atoms with Gasteiger partial charge in [-0.3, -0.25) is 4.99 Å². The van der Waals surface area contributed by atoms with Crippen molar-refractivity contribution in [3.05, 3.63) is 216 Å². The van der Waals surface area contributed by atoms with Crippen LogP contribution in [0.5, 0.6) is 0 Å². The third-order valence-electron chi connectivity index (χ3n) is 11.8. The average molecular weight is 722 g/mol. The van der Waals surface area contributed by atoms with Crippen molar-refractivity contribution in [1.29, 1.82) is 0 Å². The third kappa shape index (κ3) is 5.56. The zero-order valence-corrected chi connectivity index (χ0v) is 30.8. The molecule has 0 amide bonds. The Balaban J connectivity index is 0.913. The molecule has 1 aromatic heterocycles. The first-order valence-corrected chi connectivity index (χ1v) is 19.6. The minimum atomic E-state index is -0.183. The van der Waals surface area contributed by atoms with E-state index in [1.165, 1.54) is 44.8 Å². The summed E-state index contributed by atoms with van der Waals surface area (Å²) in [7, 11) is 0. The summed E-state index contributed by atoms with van der Waals surface area (Å²) in [6, 6.07) is 52.5. The van der Waals surface area contributed by atoms with Crippen LogP contribution < -0.4 is 10.2 Å². The quantitative estimate of drug-likeness (QED) is 0.186. The van der Waals surface area contributed by atoms with Crippen molar-refractivity contribution < 1.29 is 4.42 Å². The SMILES string of the molecule is C1=CCCC(C2=NC(c3ccc(C4=CC=CC5c6ccccc6N(c6ccc(-c7ccc8c(c7)oc7ccccc78)cc6)C45)cc3)NC(c3ccccc3)=C2)=C1. The highest BCUT2D eigenvalue weighted by Crippen LogP contribution is 2.51. The smallest absolute Gasteiger partial charge is 0.145 e. The van der Waals surface area contributed by atoms with E-state index in [-0.39, 0.29) is 18.1 Å². The first-order valence-electron chi connectivity index (χ1n) is 19.6. The predicted molar refractivity (Wildman–Crippen MR) is 232 cm³/mol. The Labute approximate surface area is 326 Å². The van der Waals surface area contributed by atoms with E-state index >= 15 is 0 Å². The van der Waals surface area contributed by atoms with Crippen LogP contribution in [0.15, 0.2) is 203 Å². The van der Waals surface area contributed by atoms with E-state index in [0.29, 0.717) is 0 Å². The number of nitrogens with one attached hydrogen (secondary N) is 1. The molecular formula is C52H39N3O. The van der Waals surface area contributed by atoms with Crippen LogP contribution in [0.2, 0.25) is 0 Å². The van der Waals surface area contributed by atoms with E-state index in [4.69, 9.17) is 9.41 Å². The number of benzene rings is 6. The molecule has 0 fully saturated rings. The molecule has 4 heteroatoms. The number of anilines is 2. The minimum Gasteiger partial charge on any atom is -0.456 e. The monoisotopic (exact) mass is 721 g/mol. The molecule has 0 saturated carbocycles. The molecule has 0 bridgehead atoms. The van der Waals surface area contributed by atoms with Gasteiger partial charge >= 0.3 is 0 Å². The number of fused-ring (bicyclic) bond motifs is 6. The second-order valence-corrected chi connectivity index (χ2v) is 15.0. The number of hydrogen-bond acceptors (Lipinski definition) is 4. The lowest BCUT2D eigenvalue weighted by atomic mass is 9.83. The molecule has 4 nitrogen and oxygen atoms in total. The second-order valence-electron chi connectivity index (χ2n) is 15.0. The summed E-state index contributed by atoms with van der Waals surface area (Å²) in [5.41, 5.74) is 16.2. The maximum Gasteiger partial charge on any atom is 0.145 e. The molecule has 1 N–H and O–H groups in total. The number of nitrogens with zero attached hydrogens (tertiary/aromatic N) is 2. The van der Waals surface area contributed by atoms with Crippen molar-refractivity contribution in [3.8, 4) is 11.1 Å². The molecule has 0 saturated heterocycles. The Kier molecular flexibility index (Phi) is 7.80. The maximum absolute atomic E-state index is 6.23. The van der Waals surface area contributed by atoms with E-state index in [9.17, 15) is 0 Å². The number of aliphatic imine (C=N–C) groups is 1. The zero-order chi connectivity index (χ0) is 37.0. The number of allylic oxidation sites excluding steroid dienone is 7. The summed E-state index contributed by atoms with van der Waals surface area (Å²) in [5.74, 6) is 0.240. The predicted octanol–water partition coefficient (Wildman–Crippen LogP) is 12.9. The molecule has 7 aromatic rings. The van der Waals surface area contributed by atoms with E-state index < -0.39 is 0 Å². The molecule has 3 heterocycles. The fourth-order valence-corrected chi connectivity index (χ4v) is 9.00. The molecule has 4 aliphatic rings. The lowest BCUT2D eigenvalue weighted by Crippen LogP contribution is -2.32. The summed E-state index contributed by atoms with van der Waals surface area (Å²) in [6.45, 7) is 0. The molecule has 0 radical (unpaired) electrons. The van der Waals surface area contributed by atoms with Crippen LogP contribution in [-0.4, -0.2) is 11.8 Å². The van der Waals surface area contributed by atoms with Gasteiger partial charge in [-0.15, -0.1) is 0 Å². The number of hydrogen-bond donors (Lipinski definition) is 1. The highest BCUT2D eigenvalue weighted by molar-refractivity contribution is 6.13.